The predicted molar refractivity (Wildman–Crippen MR) is 135 cm³/mol. The van der Waals surface area contributed by atoms with Crippen LogP contribution in [0.5, 0.6) is 0 Å². The highest BCUT2D eigenvalue weighted by molar-refractivity contribution is 8.02. The number of fused-ring (bicyclic) bond motifs is 1. The predicted octanol–water partition coefficient (Wildman–Crippen LogP) is 0.315. The van der Waals surface area contributed by atoms with Crippen molar-refractivity contribution in [2.24, 2.45) is 23.7 Å². The standard InChI is InChI=1S/C25H42N4O5S/c1-5-6-26-22(31)19-18-13-16(4)25(35-18)20(19)24(33)29(17(14-30)15(2)3)21(25)23(32)27-7-8-28-9-11-34-12-10-28/h15-21,30H,5-14H2,1-4H3,(H,26,31)(H,27,32)/t16?,17-,18-,19+,20-,21?,25?/m0/s1. The van der Waals surface area contributed by atoms with Crippen LogP contribution >= 0.6 is 11.8 Å². The average Bonchev–Trinajstić information content (AvgIpc) is 3.42. The Morgan fingerprint density at radius 3 is 2.51 bits per heavy atom. The van der Waals surface area contributed by atoms with Crippen molar-refractivity contribution in [2.75, 3.05) is 52.5 Å². The van der Waals surface area contributed by atoms with Gasteiger partial charge in [-0.2, -0.15) is 0 Å². The van der Waals surface area contributed by atoms with Gasteiger partial charge in [0.1, 0.15) is 6.04 Å². The van der Waals surface area contributed by atoms with Crippen molar-refractivity contribution in [1.29, 1.82) is 0 Å². The van der Waals surface area contributed by atoms with Crippen LogP contribution in [0.15, 0.2) is 0 Å². The monoisotopic (exact) mass is 510 g/mol. The topological polar surface area (TPSA) is 111 Å². The first-order valence-electron chi connectivity index (χ1n) is 13.2. The quantitative estimate of drug-likeness (QED) is 0.388. The molecule has 2 bridgehead atoms. The number of hydrogen-bond donors (Lipinski definition) is 3. The summed E-state index contributed by atoms with van der Waals surface area (Å²) >= 11 is 1.68. The molecular weight excluding hydrogens is 468 g/mol. The largest absolute Gasteiger partial charge is 0.394 e. The summed E-state index contributed by atoms with van der Waals surface area (Å²) in [5.74, 6) is -1.26. The van der Waals surface area contributed by atoms with E-state index in [0.29, 0.717) is 26.3 Å². The lowest BCUT2D eigenvalue weighted by Gasteiger charge is -2.41. The number of ether oxygens (including phenoxy) is 1. The number of likely N-dealkylation sites (tertiary alicyclic amines) is 1. The van der Waals surface area contributed by atoms with E-state index in [-0.39, 0.29) is 41.4 Å². The minimum Gasteiger partial charge on any atom is -0.394 e. The molecule has 4 aliphatic rings. The number of morpholine rings is 1. The van der Waals surface area contributed by atoms with Crippen molar-refractivity contribution in [1.82, 2.24) is 20.4 Å². The Balaban J connectivity index is 1.62. The SMILES string of the molecule is CCCNC(=O)[C@@H]1[C@@H]2CC(C)C3(S2)C(C(=O)NCCN2CCOCC2)N([C@@H](CO)C(C)C)C(=O)[C@H]13. The summed E-state index contributed by atoms with van der Waals surface area (Å²) in [5.41, 5.74) is 0. The van der Waals surface area contributed by atoms with E-state index in [9.17, 15) is 19.5 Å². The van der Waals surface area contributed by atoms with Crippen LogP contribution in [0.3, 0.4) is 0 Å². The normalized spacial score (nSPS) is 35.4. The number of nitrogens with one attached hydrogen (secondary N) is 2. The van der Waals surface area contributed by atoms with Gasteiger partial charge in [0.15, 0.2) is 0 Å². The number of aliphatic hydroxyl groups excluding tert-OH is 1. The summed E-state index contributed by atoms with van der Waals surface area (Å²) in [5, 5.41) is 16.4. The van der Waals surface area contributed by atoms with E-state index in [2.05, 4.69) is 22.5 Å². The van der Waals surface area contributed by atoms with Gasteiger partial charge in [-0.3, -0.25) is 19.3 Å². The van der Waals surface area contributed by atoms with Gasteiger partial charge < -0.3 is 25.4 Å². The lowest BCUT2D eigenvalue weighted by atomic mass is 9.66. The molecule has 4 rings (SSSR count). The Labute approximate surface area is 213 Å². The Morgan fingerprint density at radius 2 is 1.89 bits per heavy atom. The molecule has 3 amide bonds. The molecule has 1 spiro atoms. The number of amides is 3. The molecule has 3 N–H and O–H groups in total. The zero-order valence-corrected chi connectivity index (χ0v) is 22.3. The number of nitrogens with zero attached hydrogens (tertiary/aromatic N) is 2. The summed E-state index contributed by atoms with van der Waals surface area (Å²) in [6.45, 7) is 12.7. The first-order valence-corrected chi connectivity index (χ1v) is 14.1. The zero-order valence-electron chi connectivity index (χ0n) is 21.5. The van der Waals surface area contributed by atoms with Crippen LogP contribution in [0.25, 0.3) is 0 Å². The molecule has 7 atom stereocenters. The zero-order chi connectivity index (χ0) is 25.3. The molecule has 4 aliphatic heterocycles. The number of carbonyl (C=O) groups excluding carboxylic acids is 3. The van der Waals surface area contributed by atoms with Gasteiger partial charge in [0.25, 0.3) is 0 Å². The molecule has 198 valence electrons. The second-order valence-corrected chi connectivity index (χ2v) is 12.4. The van der Waals surface area contributed by atoms with E-state index in [1.165, 1.54) is 0 Å². The third-order valence-corrected chi connectivity index (χ3v) is 10.5. The molecule has 4 heterocycles. The molecule has 0 radical (unpaired) electrons. The second-order valence-electron chi connectivity index (χ2n) is 10.8. The number of thioether (sulfide) groups is 1. The highest BCUT2D eigenvalue weighted by Gasteiger charge is 2.76. The van der Waals surface area contributed by atoms with E-state index in [0.717, 1.165) is 32.5 Å². The minimum absolute atomic E-state index is 0.0206. The third kappa shape index (κ3) is 4.60. The highest BCUT2D eigenvalue weighted by atomic mass is 32.2. The summed E-state index contributed by atoms with van der Waals surface area (Å²) in [4.78, 5) is 45.1. The Bertz CT molecular complexity index is 807. The van der Waals surface area contributed by atoms with Crippen molar-refractivity contribution in [3.63, 3.8) is 0 Å². The average molecular weight is 511 g/mol. The van der Waals surface area contributed by atoms with E-state index in [1.807, 2.05) is 20.8 Å². The highest BCUT2D eigenvalue weighted by Crippen LogP contribution is 2.68. The van der Waals surface area contributed by atoms with Crippen LogP contribution in [0.1, 0.15) is 40.5 Å². The van der Waals surface area contributed by atoms with Crippen molar-refractivity contribution >= 4 is 29.5 Å². The lowest BCUT2D eigenvalue weighted by Crippen LogP contribution is -2.59. The smallest absolute Gasteiger partial charge is 0.244 e. The van der Waals surface area contributed by atoms with Gasteiger partial charge >= 0.3 is 0 Å². The molecule has 4 fully saturated rings. The molecule has 0 aliphatic carbocycles. The maximum Gasteiger partial charge on any atom is 0.244 e. The molecule has 35 heavy (non-hydrogen) atoms. The van der Waals surface area contributed by atoms with Crippen LogP contribution in [-0.2, 0) is 19.1 Å². The van der Waals surface area contributed by atoms with Gasteiger partial charge in [0.05, 0.1) is 42.4 Å². The van der Waals surface area contributed by atoms with Crippen LogP contribution in [0, 0.1) is 23.7 Å². The summed E-state index contributed by atoms with van der Waals surface area (Å²) in [7, 11) is 0. The Hall–Kier alpha value is -1.36. The molecule has 0 aromatic heterocycles. The van der Waals surface area contributed by atoms with E-state index >= 15 is 0 Å². The fourth-order valence-electron chi connectivity index (χ4n) is 6.66. The van der Waals surface area contributed by atoms with Crippen LogP contribution in [0.4, 0.5) is 0 Å². The van der Waals surface area contributed by atoms with Crippen LogP contribution < -0.4 is 10.6 Å². The molecule has 0 aromatic carbocycles. The van der Waals surface area contributed by atoms with Gasteiger partial charge in [-0.25, -0.2) is 0 Å². The summed E-state index contributed by atoms with van der Waals surface area (Å²) < 4.78 is 4.76. The van der Waals surface area contributed by atoms with Crippen molar-refractivity contribution < 1.29 is 24.2 Å². The van der Waals surface area contributed by atoms with E-state index in [4.69, 9.17) is 4.74 Å². The Kier molecular flexibility index (Phi) is 8.35. The molecule has 10 heteroatoms. The van der Waals surface area contributed by atoms with Gasteiger partial charge in [-0.05, 0) is 24.7 Å². The molecule has 4 saturated heterocycles. The summed E-state index contributed by atoms with van der Waals surface area (Å²) in [6.07, 6.45) is 1.65. The lowest BCUT2D eigenvalue weighted by molar-refractivity contribution is -0.143. The third-order valence-electron chi connectivity index (χ3n) is 8.43. The van der Waals surface area contributed by atoms with E-state index < -0.39 is 28.7 Å². The first kappa shape index (κ1) is 26.7. The van der Waals surface area contributed by atoms with Gasteiger partial charge in [-0.15, -0.1) is 11.8 Å². The number of rotatable bonds is 10. The van der Waals surface area contributed by atoms with E-state index in [1.54, 1.807) is 16.7 Å². The fraction of sp³-hybridized carbons (Fsp3) is 0.880. The molecule has 0 aromatic rings. The van der Waals surface area contributed by atoms with Crippen molar-refractivity contribution in [3.8, 4) is 0 Å². The van der Waals surface area contributed by atoms with Crippen molar-refractivity contribution in [2.45, 2.75) is 62.6 Å². The first-order chi connectivity index (χ1) is 16.8. The van der Waals surface area contributed by atoms with Crippen LogP contribution in [0.2, 0.25) is 0 Å². The molecule has 0 saturated carbocycles. The minimum atomic E-state index is -0.696. The number of hydrogen-bond acceptors (Lipinski definition) is 7. The number of carbonyl (C=O) groups is 3. The molecular formula is C25H42N4O5S. The van der Waals surface area contributed by atoms with Crippen molar-refractivity contribution in [3.05, 3.63) is 0 Å². The maximum atomic E-state index is 14.1. The molecule has 3 unspecified atom stereocenters. The van der Waals surface area contributed by atoms with Crippen LogP contribution in [-0.4, -0.2) is 107 Å². The van der Waals surface area contributed by atoms with Gasteiger partial charge in [-0.1, -0.05) is 27.7 Å². The number of aliphatic hydroxyl groups is 1. The Morgan fingerprint density at radius 1 is 1.20 bits per heavy atom. The van der Waals surface area contributed by atoms with Gasteiger partial charge in [0.2, 0.25) is 17.7 Å². The summed E-state index contributed by atoms with van der Waals surface area (Å²) in [6, 6.07) is -1.16. The maximum absolute atomic E-state index is 14.1. The fourth-order valence-corrected chi connectivity index (χ4v) is 9.07. The van der Waals surface area contributed by atoms with Gasteiger partial charge in [0, 0.05) is 38.0 Å². The molecule has 9 nitrogen and oxygen atoms in total. The second kappa shape index (κ2) is 10.9.